The van der Waals surface area contributed by atoms with Crippen molar-refractivity contribution in [3.05, 3.63) is 24.3 Å². The van der Waals surface area contributed by atoms with E-state index in [0.29, 0.717) is 29.1 Å². The number of rotatable bonds is 6. The van der Waals surface area contributed by atoms with Gasteiger partial charge in [-0.15, -0.1) is 0 Å². The van der Waals surface area contributed by atoms with Crippen molar-refractivity contribution >= 4 is 35.0 Å². The summed E-state index contributed by atoms with van der Waals surface area (Å²) >= 11 is 0. The van der Waals surface area contributed by atoms with Gasteiger partial charge in [-0.05, 0) is 93.9 Å². The monoisotopic (exact) mass is 465 g/mol. The Morgan fingerprint density at radius 3 is 2.12 bits per heavy atom. The van der Waals surface area contributed by atoms with E-state index in [1.807, 2.05) is 13.8 Å². The van der Waals surface area contributed by atoms with Gasteiger partial charge in [-0.25, -0.2) is 4.90 Å². The second-order valence-electron chi connectivity index (χ2n) is 11.2. The number of carbonyl (C=O) groups excluding carboxylic acids is 4. The number of anilines is 2. The quantitative estimate of drug-likeness (QED) is 0.641. The first-order chi connectivity index (χ1) is 16.2. The van der Waals surface area contributed by atoms with Crippen LogP contribution in [0.15, 0.2) is 24.3 Å². The number of amides is 4. The van der Waals surface area contributed by atoms with E-state index in [1.165, 1.54) is 31.1 Å². The fourth-order valence-corrected chi connectivity index (χ4v) is 7.49. The van der Waals surface area contributed by atoms with Crippen molar-refractivity contribution in [2.75, 3.05) is 10.2 Å². The Balaban J connectivity index is 1.41. The summed E-state index contributed by atoms with van der Waals surface area (Å²) in [7, 11) is 0. The molecule has 1 aromatic carbocycles. The van der Waals surface area contributed by atoms with E-state index in [-0.39, 0.29) is 41.5 Å². The zero-order chi connectivity index (χ0) is 24.2. The number of benzene rings is 1. The second kappa shape index (κ2) is 8.51. The van der Waals surface area contributed by atoms with E-state index in [9.17, 15) is 19.2 Å². The van der Waals surface area contributed by atoms with E-state index >= 15 is 0 Å². The summed E-state index contributed by atoms with van der Waals surface area (Å²) in [5.74, 6) is 1.21. The van der Waals surface area contributed by atoms with Crippen LogP contribution in [0.3, 0.4) is 0 Å². The molecular weight excluding hydrogens is 430 g/mol. The van der Waals surface area contributed by atoms with Gasteiger partial charge < -0.3 is 10.2 Å². The molecule has 2 unspecified atom stereocenters. The molecule has 7 nitrogen and oxygen atoms in total. The molecule has 1 N–H and O–H groups in total. The van der Waals surface area contributed by atoms with Crippen LogP contribution in [0.25, 0.3) is 0 Å². The van der Waals surface area contributed by atoms with Crippen molar-refractivity contribution in [1.82, 2.24) is 4.90 Å². The molecule has 5 aliphatic rings. The molecule has 4 saturated carbocycles. The molecule has 7 heteroatoms. The first-order valence-electron chi connectivity index (χ1n) is 12.8. The van der Waals surface area contributed by atoms with Crippen LogP contribution >= 0.6 is 0 Å². The van der Waals surface area contributed by atoms with Gasteiger partial charge >= 0.3 is 0 Å². The Hall–Kier alpha value is -2.70. The van der Waals surface area contributed by atoms with Crippen LogP contribution in [0.5, 0.6) is 0 Å². The van der Waals surface area contributed by atoms with Crippen LogP contribution in [-0.2, 0) is 19.2 Å². The molecule has 4 amide bonds. The van der Waals surface area contributed by atoms with Gasteiger partial charge in [0.2, 0.25) is 17.7 Å². The molecular formula is C27H35N3O4. The molecule has 6 rings (SSSR count). The second-order valence-corrected chi connectivity index (χ2v) is 11.2. The molecule has 182 valence electrons. The summed E-state index contributed by atoms with van der Waals surface area (Å²) in [4.78, 5) is 55.2. The van der Waals surface area contributed by atoms with Gasteiger partial charge in [0.15, 0.2) is 0 Å². The number of carbonyl (C=O) groups is 4. The SMILES string of the molecule is CCC(C)N(C(=O)C12CC3CC(CC(C3)C1)C2)C1CC(=O)N(c2ccc(NC(C)=O)cc2)C1=O. The minimum Gasteiger partial charge on any atom is -0.327 e. The van der Waals surface area contributed by atoms with Crippen LogP contribution in [0, 0.1) is 23.2 Å². The van der Waals surface area contributed by atoms with E-state index < -0.39 is 6.04 Å². The van der Waals surface area contributed by atoms with Crippen LogP contribution in [0.2, 0.25) is 0 Å². The van der Waals surface area contributed by atoms with Crippen molar-refractivity contribution < 1.29 is 19.2 Å². The molecule has 1 aromatic rings. The minimum absolute atomic E-state index is 0.0225. The summed E-state index contributed by atoms with van der Waals surface area (Å²) in [6.45, 7) is 5.46. The Morgan fingerprint density at radius 2 is 1.62 bits per heavy atom. The number of nitrogens with zero attached hydrogens (tertiary/aromatic N) is 2. The number of hydrogen-bond donors (Lipinski definition) is 1. The van der Waals surface area contributed by atoms with Gasteiger partial charge in [0.1, 0.15) is 6.04 Å². The average Bonchev–Trinajstić information content (AvgIpc) is 3.06. The van der Waals surface area contributed by atoms with Crippen molar-refractivity contribution in [3.8, 4) is 0 Å². The lowest BCUT2D eigenvalue weighted by Gasteiger charge is -2.57. The molecule has 34 heavy (non-hydrogen) atoms. The van der Waals surface area contributed by atoms with Gasteiger partial charge in [-0.2, -0.15) is 0 Å². The molecule has 1 aliphatic heterocycles. The normalized spacial score (nSPS) is 32.7. The van der Waals surface area contributed by atoms with Crippen molar-refractivity contribution in [3.63, 3.8) is 0 Å². The standard InChI is InChI=1S/C27H35N3O4/c1-4-16(2)29(26(34)27-13-18-9-19(14-27)11-20(10-18)15-27)23-12-24(32)30(25(23)33)22-7-5-21(6-8-22)28-17(3)31/h5-8,16,18-20,23H,4,9-15H2,1-3H3,(H,28,31). The molecule has 1 saturated heterocycles. The maximum absolute atomic E-state index is 14.2. The highest BCUT2D eigenvalue weighted by atomic mass is 16.2. The fourth-order valence-electron chi connectivity index (χ4n) is 7.49. The first kappa shape index (κ1) is 23.1. The maximum atomic E-state index is 14.2. The highest BCUT2D eigenvalue weighted by Crippen LogP contribution is 2.61. The molecule has 4 bridgehead atoms. The summed E-state index contributed by atoms with van der Waals surface area (Å²) < 4.78 is 0. The molecule has 2 atom stereocenters. The average molecular weight is 466 g/mol. The zero-order valence-electron chi connectivity index (χ0n) is 20.4. The molecule has 1 heterocycles. The van der Waals surface area contributed by atoms with Crippen molar-refractivity contribution in [2.45, 2.75) is 84.2 Å². The van der Waals surface area contributed by atoms with Gasteiger partial charge in [-0.3, -0.25) is 19.2 Å². The van der Waals surface area contributed by atoms with Crippen molar-refractivity contribution in [2.24, 2.45) is 23.2 Å². The largest absolute Gasteiger partial charge is 0.327 e. The molecule has 5 fully saturated rings. The number of imide groups is 1. The topological polar surface area (TPSA) is 86.8 Å². The zero-order valence-corrected chi connectivity index (χ0v) is 20.4. The molecule has 4 aliphatic carbocycles. The van der Waals surface area contributed by atoms with E-state index in [0.717, 1.165) is 25.7 Å². The highest BCUT2D eigenvalue weighted by molar-refractivity contribution is 6.23. The van der Waals surface area contributed by atoms with Crippen LogP contribution < -0.4 is 10.2 Å². The van der Waals surface area contributed by atoms with Crippen LogP contribution in [0.1, 0.15) is 72.1 Å². The van der Waals surface area contributed by atoms with Gasteiger partial charge in [0, 0.05) is 18.7 Å². The van der Waals surface area contributed by atoms with E-state index in [1.54, 1.807) is 29.2 Å². The van der Waals surface area contributed by atoms with Gasteiger partial charge in [0.25, 0.3) is 5.91 Å². The lowest BCUT2D eigenvalue weighted by atomic mass is 9.49. The van der Waals surface area contributed by atoms with Gasteiger partial charge in [0.05, 0.1) is 17.5 Å². The molecule has 0 spiro atoms. The van der Waals surface area contributed by atoms with E-state index in [4.69, 9.17) is 0 Å². The number of nitrogens with one attached hydrogen (secondary N) is 1. The first-order valence-corrected chi connectivity index (χ1v) is 12.8. The summed E-state index contributed by atoms with van der Waals surface area (Å²) in [6.07, 6.45) is 7.32. The molecule has 0 aromatic heterocycles. The predicted octanol–water partition coefficient (Wildman–Crippen LogP) is 4.12. The third-order valence-corrected chi connectivity index (χ3v) is 8.70. The smallest absolute Gasteiger partial charge is 0.257 e. The van der Waals surface area contributed by atoms with Crippen LogP contribution in [-0.4, -0.2) is 40.6 Å². The Labute approximate surface area is 201 Å². The highest BCUT2D eigenvalue weighted by Gasteiger charge is 2.58. The Bertz CT molecular complexity index is 982. The fraction of sp³-hybridized carbons (Fsp3) is 0.630. The minimum atomic E-state index is -0.752. The molecule has 0 radical (unpaired) electrons. The lowest BCUT2D eigenvalue weighted by molar-refractivity contribution is -0.164. The number of hydrogen-bond acceptors (Lipinski definition) is 4. The third-order valence-electron chi connectivity index (χ3n) is 8.70. The van der Waals surface area contributed by atoms with E-state index in [2.05, 4.69) is 5.32 Å². The Kier molecular flexibility index (Phi) is 5.77. The summed E-state index contributed by atoms with van der Waals surface area (Å²) in [6, 6.07) is 5.83. The Morgan fingerprint density at radius 1 is 1.06 bits per heavy atom. The maximum Gasteiger partial charge on any atom is 0.257 e. The third kappa shape index (κ3) is 3.83. The predicted molar refractivity (Wildman–Crippen MR) is 129 cm³/mol. The van der Waals surface area contributed by atoms with Gasteiger partial charge in [-0.1, -0.05) is 6.92 Å². The van der Waals surface area contributed by atoms with Crippen LogP contribution in [0.4, 0.5) is 11.4 Å². The van der Waals surface area contributed by atoms with Crippen molar-refractivity contribution in [1.29, 1.82) is 0 Å². The summed E-state index contributed by atoms with van der Waals surface area (Å²) in [5, 5.41) is 2.69. The lowest BCUT2D eigenvalue weighted by Crippen LogP contribution is -2.59. The summed E-state index contributed by atoms with van der Waals surface area (Å²) in [5.41, 5.74) is 0.720.